The molecule has 0 bridgehead atoms. The van der Waals surface area contributed by atoms with Crippen LogP contribution in [0, 0.1) is 5.92 Å². The number of carbonyl (C=O) groups excluding carboxylic acids is 1. The zero-order valence-corrected chi connectivity index (χ0v) is 12.3. The molecular formula is C17H21NO3. The molecule has 4 heteroatoms. The highest BCUT2D eigenvalue weighted by Crippen LogP contribution is 2.39. The first-order chi connectivity index (χ1) is 10.0. The number of hydrogen-bond acceptors (Lipinski definition) is 2. The second kappa shape index (κ2) is 5.17. The van der Waals surface area contributed by atoms with Gasteiger partial charge in [0.2, 0.25) is 0 Å². The number of benzene rings is 1. The molecule has 112 valence electrons. The Morgan fingerprint density at radius 1 is 1.29 bits per heavy atom. The summed E-state index contributed by atoms with van der Waals surface area (Å²) in [6.45, 7) is 2.66. The minimum Gasteiger partial charge on any atom is -0.479 e. The van der Waals surface area contributed by atoms with Gasteiger partial charge in [-0.25, -0.2) is 4.79 Å². The maximum absolute atomic E-state index is 12.8. The molecule has 1 N–H and O–H groups in total. The van der Waals surface area contributed by atoms with Crippen LogP contribution in [0.3, 0.4) is 0 Å². The standard InChI is InChI=1S/C17H21NO3/c1-12-6-9-17(10-7-12,16(20)21)18-11-8-13-4-2-3-5-14(13)15(18)19/h2-5,12H,6-11H2,1H3,(H,20,21). The van der Waals surface area contributed by atoms with Crippen LogP contribution in [0.25, 0.3) is 0 Å². The molecule has 0 spiro atoms. The Morgan fingerprint density at radius 2 is 1.95 bits per heavy atom. The van der Waals surface area contributed by atoms with Crippen LogP contribution in [0.4, 0.5) is 0 Å². The number of carbonyl (C=O) groups is 2. The van der Waals surface area contributed by atoms with E-state index in [1.807, 2.05) is 24.3 Å². The van der Waals surface area contributed by atoms with Gasteiger partial charge in [-0.3, -0.25) is 4.79 Å². The zero-order chi connectivity index (χ0) is 15.0. The SMILES string of the molecule is CC1CCC(C(=O)O)(N2CCc3ccccc3C2=O)CC1. The monoisotopic (exact) mass is 287 g/mol. The van der Waals surface area contributed by atoms with Crippen molar-refractivity contribution < 1.29 is 14.7 Å². The van der Waals surface area contributed by atoms with Crippen LogP contribution in [0.2, 0.25) is 0 Å². The summed E-state index contributed by atoms with van der Waals surface area (Å²) in [4.78, 5) is 26.3. The lowest BCUT2D eigenvalue weighted by Crippen LogP contribution is -2.60. The number of nitrogens with zero attached hydrogens (tertiary/aromatic N) is 1. The van der Waals surface area contributed by atoms with Crippen LogP contribution < -0.4 is 0 Å². The van der Waals surface area contributed by atoms with Gasteiger partial charge >= 0.3 is 5.97 Å². The maximum atomic E-state index is 12.8. The van der Waals surface area contributed by atoms with Crippen molar-refractivity contribution in [3.8, 4) is 0 Å². The molecule has 0 aromatic heterocycles. The van der Waals surface area contributed by atoms with E-state index < -0.39 is 11.5 Å². The Kier molecular flexibility index (Phi) is 3.47. The molecule has 0 unspecified atom stereocenters. The predicted octanol–water partition coefficient (Wildman–Crippen LogP) is 2.72. The van der Waals surface area contributed by atoms with E-state index in [9.17, 15) is 14.7 Å². The van der Waals surface area contributed by atoms with Crippen molar-refractivity contribution in [3.05, 3.63) is 35.4 Å². The van der Waals surface area contributed by atoms with Crippen molar-refractivity contribution in [1.82, 2.24) is 4.90 Å². The molecule has 1 aliphatic carbocycles. The molecule has 1 aliphatic heterocycles. The van der Waals surface area contributed by atoms with Crippen LogP contribution in [-0.4, -0.2) is 34.0 Å². The topological polar surface area (TPSA) is 57.6 Å². The first kappa shape index (κ1) is 14.1. The second-order valence-corrected chi connectivity index (χ2v) is 6.38. The maximum Gasteiger partial charge on any atom is 0.329 e. The fourth-order valence-electron chi connectivity index (χ4n) is 3.67. The van der Waals surface area contributed by atoms with Gasteiger partial charge in [0, 0.05) is 12.1 Å². The molecule has 21 heavy (non-hydrogen) atoms. The largest absolute Gasteiger partial charge is 0.479 e. The molecule has 1 aromatic rings. The molecule has 3 rings (SSSR count). The average Bonchev–Trinajstić information content (AvgIpc) is 2.49. The van der Waals surface area contributed by atoms with E-state index >= 15 is 0 Å². The van der Waals surface area contributed by atoms with Gasteiger partial charge in [-0.2, -0.15) is 0 Å². The summed E-state index contributed by atoms with van der Waals surface area (Å²) >= 11 is 0. The zero-order valence-electron chi connectivity index (χ0n) is 12.3. The lowest BCUT2D eigenvalue weighted by atomic mass is 9.75. The first-order valence-electron chi connectivity index (χ1n) is 7.68. The third-order valence-electron chi connectivity index (χ3n) is 5.11. The number of carboxylic acid groups (broad SMARTS) is 1. The third-order valence-corrected chi connectivity index (χ3v) is 5.11. The molecule has 0 atom stereocenters. The molecule has 1 heterocycles. The molecule has 2 aliphatic rings. The summed E-state index contributed by atoms with van der Waals surface area (Å²) in [5.41, 5.74) is 0.698. The van der Waals surface area contributed by atoms with E-state index in [1.54, 1.807) is 4.90 Å². The van der Waals surface area contributed by atoms with E-state index in [-0.39, 0.29) is 5.91 Å². The number of carboxylic acids is 1. The summed E-state index contributed by atoms with van der Waals surface area (Å²) in [5, 5.41) is 9.80. The van der Waals surface area contributed by atoms with Crippen LogP contribution >= 0.6 is 0 Å². The summed E-state index contributed by atoms with van der Waals surface area (Å²) < 4.78 is 0. The Bertz CT molecular complexity index is 573. The number of fused-ring (bicyclic) bond motifs is 1. The number of rotatable bonds is 2. The summed E-state index contributed by atoms with van der Waals surface area (Å²) in [6, 6.07) is 7.54. The van der Waals surface area contributed by atoms with Crippen LogP contribution in [0.15, 0.2) is 24.3 Å². The molecule has 1 saturated carbocycles. The van der Waals surface area contributed by atoms with E-state index in [0.717, 1.165) is 24.8 Å². The quantitative estimate of drug-likeness (QED) is 0.910. The Balaban J connectivity index is 1.95. The lowest BCUT2D eigenvalue weighted by molar-refractivity contribution is -0.153. The van der Waals surface area contributed by atoms with Crippen molar-refractivity contribution in [2.24, 2.45) is 5.92 Å². The summed E-state index contributed by atoms with van der Waals surface area (Å²) in [6.07, 6.45) is 3.62. The molecule has 1 amide bonds. The van der Waals surface area contributed by atoms with Gasteiger partial charge in [0.1, 0.15) is 5.54 Å². The molecule has 0 saturated heterocycles. The van der Waals surface area contributed by atoms with Crippen molar-refractivity contribution in [2.75, 3.05) is 6.54 Å². The van der Waals surface area contributed by atoms with Gasteiger partial charge in [-0.05, 0) is 49.7 Å². The smallest absolute Gasteiger partial charge is 0.329 e. The van der Waals surface area contributed by atoms with Crippen LogP contribution in [-0.2, 0) is 11.2 Å². The fraction of sp³-hybridized carbons (Fsp3) is 0.529. The Morgan fingerprint density at radius 3 is 2.62 bits per heavy atom. The predicted molar refractivity (Wildman–Crippen MR) is 79.2 cm³/mol. The van der Waals surface area contributed by atoms with E-state index in [2.05, 4.69) is 6.92 Å². The minimum atomic E-state index is -1.00. The van der Waals surface area contributed by atoms with Gasteiger partial charge in [0.25, 0.3) is 5.91 Å². The molecule has 0 radical (unpaired) electrons. The Hall–Kier alpha value is -1.84. The van der Waals surface area contributed by atoms with E-state index in [0.29, 0.717) is 30.9 Å². The van der Waals surface area contributed by atoms with Crippen LogP contribution in [0.1, 0.15) is 48.5 Å². The third kappa shape index (κ3) is 2.23. The molecule has 4 nitrogen and oxygen atoms in total. The van der Waals surface area contributed by atoms with Gasteiger partial charge in [-0.1, -0.05) is 25.1 Å². The Labute approximate surface area is 124 Å². The highest BCUT2D eigenvalue weighted by molar-refractivity contribution is 6.00. The van der Waals surface area contributed by atoms with Crippen molar-refractivity contribution in [1.29, 1.82) is 0 Å². The van der Waals surface area contributed by atoms with Crippen LogP contribution in [0.5, 0.6) is 0 Å². The highest BCUT2D eigenvalue weighted by atomic mass is 16.4. The van der Waals surface area contributed by atoms with E-state index in [1.165, 1.54) is 0 Å². The second-order valence-electron chi connectivity index (χ2n) is 6.38. The molecular weight excluding hydrogens is 266 g/mol. The minimum absolute atomic E-state index is 0.117. The summed E-state index contributed by atoms with van der Waals surface area (Å²) in [7, 11) is 0. The van der Waals surface area contributed by atoms with Gasteiger partial charge in [0.05, 0.1) is 0 Å². The first-order valence-corrected chi connectivity index (χ1v) is 7.68. The highest BCUT2D eigenvalue weighted by Gasteiger charge is 2.49. The van der Waals surface area contributed by atoms with Gasteiger partial charge in [-0.15, -0.1) is 0 Å². The lowest BCUT2D eigenvalue weighted by Gasteiger charge is -2.46. The van der Waals surface area contributed by atoms with Crippen molar-refractivity contribution >= 4 is 11.9 Å². The summed E-state index contributed by atoms with van der Waals surface area (Å²) in [5.74, 6) is -0.416. The number of aliphatic carboxylic acids is 1. The normalized spacial score (nSPS) is 29.1. The fourth-order valence-corrected chi connectivity index (χ4v) is 3.67. The van der Waals surface area contributed by atoms with E-state index in [4.69, 9.17) is 0 Å². The number of hydrogen-bond donors (Lipinski definition) is 1. The van der Waals surface area contributed by atoms with Gasteiger partial charge in [0.15, 0.2) is 0 Å². The van der Waals surface area contributed by atoms with Crippen molar-refractivity contribution in [3.63, 3.8) is 0 Å². The van der Waals surface area contributed by atoms with Crippen molar-refractivity contribution in [2.45, 2.75) is 44.6 Å². The number of amides is 1. The molecule has 1 fully saturated rings. The average molecular weight is 287 g/mol. The molecule has 1 aromatic carbocycles. The van der Waals surface area contributed by atoms with Gasteiger partial charge < -0.3 is 10.0 Å².